The first-order chi connectivity index (χ1) is 13.0. The van der Waals surface area contributed by atoms with E-state index in [0.29, 0.717) is 40.4 Å². The van der Waals surface area contributed by atoms with Crippen LogP contribution in [0.1, 0.15) is 13.8 Å². The van der Waals surface area contributed by atoms with Crippen LogP contribution < -0.4 is 20.9 Å². The average Bonchev–Trinajstić information content (AvgIpc) is 2.65. The lowest BCUT2D eigenvalue weighted by atomic mass is 10.1. The molecule has 0 atom stereocenters. The van der Waals surface area contributed by atoms with Crippen molar-refractivity contribution in [2.45, 2.75) is 20.4 Å². The van der Waals surface area contributed by atoms with Crippen LogP contribution in [0.2, 0.25) is 0 Å². The van der Waals surface area contributed by atoms with Gasteiger partial charge in [0.05, 0.1) is 12.8 Å². The molecule has 0 spiro atoms. The number of fused-ring (bicyclic) bond motifs is 1. The Hall–Kier alpha value is -3.28. The van der Waals surface area contributed by atoms with Crippen molar-refractivity contribution in [3.8, 4) is 5.75 Å². The molecule has 2 N–H and O–H groups in total. The Balaban J connectivity index is 1.92. The average molecular weight is 365 g/mol. The molecule has 2 aromatic carbocycles. The molecule has 0 fully saturated rings. The highest BCUT2D eigenvalue weighted by Crippen LogP contribution is 2.22. The zero-order valence-electron chi connectivity index (χ0n) is 15.7. The number of benzene rings is 2. The van der Waals surface area contributed by atoms with Gasteiger partial charge in [-0.2, -0.15) is 0 Å². The molecule has 3 rings (SSSR count). The number of aromatic nitrogens is 1. The van der Waals surface area contributed by atoms with E-state index in [1.54, 1.807) is 48.2 Å². The summed E-state index contributed by atoms with van der Waals surface area (Å²) in [5.41, 5.74) is 1.15. The molecule has 0 saturated heterocycles. The Morgan fingerprint density at radius 3 is 2.52 bits per heavy atom. The summed E-state index contributed by atoms with van der Waals surface area (Å²) in [6.45, 7) is 4.67. The molecule has 0 bridgehead atoms. The minimum Gasteiger partial charge on any atom is -0.497 e. The predicted octanol–water partition coefficient (Wildman–Crippen LogP) is 4.31. The third-order valence-electron chi connectivity index (χ3n) is 4.13. The summed E-state index contributed by atoms with van der Waals surface area (Å²) >= 11 is 0. The van der Waals surface area contributed by atoms with Crippen LogP contribution in [0.4, 0.5) is 16.2 Å². The summed E-state index contributed by atoms with van der Waals surface area (Å²) in [6.07, 6.45) is 1.70. The molecule has 6 heteroatoms. The van der Waals surface area contributed by atoms with Crippen LogP contribution >= 0.6 is 0 Å². The van der Waals surface area contributed by atoms with Gasteiger partial charge in [-0.1, -0.05) is 38.1 Å². The minimum absolute atomic E-state index is 0.0574. The van der Waals surface area contributed by atoms with Gasteiger partial charge in [-0.05, 0) is 24.1 Å². The molecule has 0 aliphatic rings. The van der Waals surface area contributed by atoms with Gasteiger partial charge in [0.1, 0.15) is 5.75 Å². The summed E-state index contributed by atoms with van der Waals surface area (Å²) in [5, 5.41) is 6.94. The Bertz CT molecular complexity index is 1020. The summed E-state index contributed by atoms with van der Waals surface area (Å²) in [4.78, 5) is 25.2. The van der Waals surface area contributed by atoms with Crippen LogP contribution in [-0.4, -0.2) is 17.7 Å². The maximum Gasteiger partial charge on any atom is 0.323 e. The quantitative estimate of drug-likeness (QED) is 0.708. The number of hydrogen-bond donors (Lipinski definition) is 2. The number of hydrogen-bond acceptors (Lipinski definition) is 3. The number of ether oxygens (including phenoxy) is 1. The molecular formula is C21H23N3O3. The van der Waals surface area contributed by atoms with E-state index in [2.05, 4.69) is 10.6 Å². The second kappa shape index (κ2) is 7.95. The lowest BCUT2D eigenvalue weighted by Gasteiger charge is -2.15. The second-order valence-electron chi connectivity index (χ2n) is 6.75. The highest BCUT2D eigenvalue weighted by molar-refractivity contribution is 6.05. The van der Waals surface area contributed by atoms with Crippen molar-refractivity contribution < 1.29 is 9.53 Å². The molecule has 6 nitrogen and oxygen atoms in total. The SMILES string of the molecule is COc1cccc(NC(=O)Nc2cn(CC(C)C)c(=O)c3ccccc23)c1. The molecule has 0 unspecified atom stereocenters. The third-order valence-corrected chi connectivity index (χ3v) is 4.13. The van der Waals surface area contributed by atoms with E-state index >= 15 is 0 Å². The van der Waals surface area contributed by atoms with Crippen molar-refractivity contribution in [1.29, 1.82) is 0 Å². The zero-order valence-corrected chi connectivity index (χ0v) is 15.7. The van der Waals surface area contributed by atoms with E-state index in [-0.39, 0.29) is 11.6 Å². The highest BCUT2D eigenvalue weighted by Gasteiger charge is 2.12. The molecule has 0 aliphatic heterocycles. The first-order valence-electron chi connectivity index (χ1n) is 8.82. The highest BCUT2D eigenvalue weighted by atomic mass is 16.5. The van der Waals surface area contributed by atoms with Gasteiger partial charge in [-0.3, -0.25) is 4.79 Å². The number of nitrogens with zero attached hydrogens (tertiary/aromatic N) is 1. The van der Waals surface area contributed by atoms with Gasteiger partial charge in [0.25, 0.3) is 5.56 Å². The number of carbonyl (C=O) groups is 1. The Morgan fingerprint density at radius 1 is 1.07 bits per heavy atom. The lowest BCUT2D eigenvalue weighted by Crippen LogP contribution is -2.25. The molecular weight excluding hydrogens is 342 g/mol. The number of carbonyl (C=O) groups excluding carboxylic acids is 1. The van der Waals surface area contributed by atoms with Crippen molar-refractivity contribution in [3.63, 3.8) is 0 Å². The second-order valence-corrected chi connectivity index (χ2v) is 6.75. The molecule has 1 heterocycles. The fourth-order valence-corrected chi connectivity index (χ4v) is 2.96. The fraction of sp³-hybridized carbons (Fsp3) is 0.238. The van der Waals surface area contributed by atoms with Crippen LogP contribution in [0.25, 0.3) is 10.8 Å². The zero-order chi connectivity index (χ0) is 19.4. The molecule has 3 aromatic rings. The van der Waals surface area contributed by atoms with E-state index in [4.69, 9.17) is 4.74 Å². The van der Waals surface area contributed by atoms with Gasteiger partial charge in [-0.15, -0.1) is 0 Å². The van der Waals surface area contributed by atoms with Gasteiger partial charge in [0, 0.05) is 35.3 Å². The smallest absolute Gasteiger partial charge is 0.323 e. The molecule has 0 aliphatic carbocycles. The Labute approximate surface area is 157 Å². The summed E-state index contributed by atoms with van der Waals surface area (Å²) < 4.78 is 6.82. The lowest BCUT2D eigenvalue weighted by molar-refractivity contribution is 0.262. The first-order valence-corrected chi connectivity index (χ1v) is 8.82. The largest absolute Gasteiger partial charge is 0.497 e. The van der Waals surface area contributed by atoms with E-state index in [0.717, 1.165) is 0 Å². The molecule has 0 saturated carbocycles. The van der Waals surface area contributed by atoms with Gasteiger partial charge in [-0.25, -0.2) is 4.79 Å². The predicted molar refractivity (Wildman–Crippen MR) is 109 cm³/mol. The molecule has 0 radical (unpaired) electrons. The first kappa shape index (κ1) is 18.5. The van der Waals surface area contributed by atoms with Crippen LogP contribution in [0.15, 0.2) is 59.5 Å². The van der Waals surface area contributed by atoms with Crippen molar-refractivity contribution >= 4 is 28.2 Å². The van der Waals surface area contributed by atoms with Crippen LogP contribution in [-0.2, 0) is 6.54 Å². The van der Waals surface area contributed by atoms with Gasteiger partial charge in [0.15, 0.2) is 0 Å². The maximum atomic E-state index is 12.7. The van der Waals surface area contributed by atoms with Crippen molar-refractivity contribution in [3.05, 3.63) is 65.1 Å². The van der Waals surface area contributed by atoms with Gasteiger partial charge < -0.3 is 19.9 Å². The Kier molecular flexibility index (Phi) is 5.45. The van der Waals surface area contributed by atoms with Crippen LogP contribution in [0.5, 0.6) is 5.75 Å². The number of anilines is 2. The molecule has 2 amide bonds. The topological polar surface area (TPSA) is 72.4 Å². The molecule has 140 valence electrons. The summed E-state index contributed by atoms with van der Waals surface area (Å²) in [6, 6.07) is 14.0. The molecule has 27 heavy (non-hydrogen) atoms. The van der Waals surface area contributed by atoms with E-state index < -0.39 is 0 Å². The summed E-state index contributed by atoms with van der Waals surface area (Å²) in [7, 11) is 1.57. The number of pyridine rings is 1. The van der Waals surface area contributed by atoms with Crippen molar-refractivity contribution in [1.82, 2.24) is 4.57 Å². The monoisotopic (exact) mass is 365 g/mol. The number of rotatable bonds is 5. The van der Waals surface area contributed by atoms with E-state index in [1.165, 1.54) is 0 Å². The van der Waals surface area contributed by atoms with E-state index in [1.807, 2.05) is 32.0 Å². The normalized spacial score (nSPS) is 10.8. The Morgan fingerprint density at radius 2 is 1.81 bits per heavy atom. The number of nitrogens with one attached hydrogen (secondary N) is 2. The number of urea groups is 1. The maximum absolute atomic E-state index is 12.7. The van der Waals surface area contributed by atoms with Crippen molar-refractivity contribution in [2.24, 2.45) is 5.92 Å². The molecule has 1 aromatic heterocycles. The summed E-state index contributed by atoms with van der Waals surface area (Å²) in [5.74, 6) is 0.964. The van der Waals surface area contributed by atoms with Crippen LogP contribution in [0, 0.1) is 5.92 Å². The standard InChI is InChI=1S/C21H23N3O3/c1-14(2)12-24-13-19(17-9-4-5-10-18(17)20(24)25)23-21(26)22-15-7-6-8-16(11-15)27-3/h4-11,13-14H,12H2,1-3H3,(H2,22,23,26). The third kappa shape index (κ3) is 4.28. The van der Waals surface area contributed by atoms with Gasteiger partial charge in [0.2, 0.25) is 0 Å². The van der Waals surface area contributed by atoms with E-state index in [9.17, 15) is 9.59 Å². The number of methoxy groups -OCH3 is 1. The van der Waals surface area contributed by atoms with Crippen LogP contribution in [0.3, 0.4) is 0 Å². The van der Waals surface area contributed by atoms with Crippen molar-refractivity contribution in [2.75, 3.05) is 17.7 Å². The number of amides is 2. The fourth-order valence-electron chi connectivity index (χ4n) is 2.96. The van der Waals surface area contributed by atoms with Gasteiger partial charge >= 0.3 is 6.03 Å². The minimum atomic E-state index is -0.386.